The minimum atomic E-state index is -0.694. The zero-order chi connectivity index (χ0) is 4.62. The van der Waals surface area contributed by atoms with Crippen molar-refractivity contribution < 1.29 is 4.74 Å². The van der Waals surface area contributed by atoms with E-state index >= 15 is 0 Å². The van der Waals surface area contributed by atoms with Crippen LogP contribution >= 0.6 is 0 Å². The van der Waals surface area contributed by atoms with Crippen LogP contribution in [0.15, 0.2) is 4.99 Å². The van der Waals surface area contributed by atoms with E-state index in [1.165, 1.54) is 0 Å². The van der Waals surface area contributed by atoms with Crippen molar-refractivity contribution in [2.24, 2.45) is 10.7 Å². The van der Waals surface area contributed by atoms with E-state index in [4.69, 9.17) is 5.73 Å². The van der Waals surface area contributed by atoms with Crippen molar-refractivity contribution in [1.29, 1.82) is 0 Å². The highest BCUT2D eigenvalue weighted by Crippen LogP contribution is 2.18. The lowest BCUT2D eigenvalue weighted by atomic mass is 10.6. The first-order chi connectivity index (χ1) is 2.77. The van der Waals surface area contributed by atoms with Crippen molar-refractivity contribution in [3.05, 3.63) is 0 Å². The quantitative estimate of drug-likeness (QED) is 0.340. The number of aliphatic imine (C=N–C) groups is 1. The summed E-state index contributed by atoms with van der Waals surface area (Å²) in [5.74, 6) is -0.694. The molecular formula is C3H6N2O. The van der Waals surface area contributed by atoms with Gasteiger partial charge >= 0.3 is 0 Å². The maximum Gasteiger partial charge on any atom is 0.237 e. The number of nitrogens with two attached hydrogens (primary N) is 1. The van der Waals surface area contributed by atoms with Crippen molar-refractivity contribution in [1.82, 2.24) is 0 Å². The SMILES string of the molecule is C=NC1(N)CO1. The summed E-state index contributed by atoms with van der Waals surface area (Å²) >= 11 is 0. The highest BCUT2D eigenvalue weighted by molar-refractivity contribution is 5.25. The standard InChI is InChI=1S/C3H6N2O/c1-5-3(4)2-6-3/h1-2,4H2. The molecule has 3 nitrogen and oxygen atoms in total. The van der Waals surface area contributed by atoms with Crippen LogP contribution in [0, 0.1) is 0 Å². The molecule has 0 bridgehead atoms. The molecule has 34 valence electrons. The Hall–Kier alpha value is -0.410. The molecule has 1 fully saturated rings. The van der Waals surface area contributed by atoms with E-state index in [0.29, 0.717) is 6.61 Å². The van der Waals surface area contributed by atoms with Gasteiger partial charge in [0.2, 0.25) is 5.85 Å². The normalized spacial score (nSPS) is 42.2. The second-order valence-electron chi connectivity index (χ2n) is 1.29. The molecular weight excluding hydrogens is 80.0 g/mol. The molecule has 0 aliphatic carbocycles. The summed E-state index contributed by atoms with van der Waals surface area (Å²) in [6.45, 7) is 3.72. The van der Waals surface area contributed by atoms with Crippen LogP contribution in [-0.2, 0) is 4.74 Å². The monoisotopic (exact) mass is 86.0 g/mol. The van der Waals surface area contributed by atoms with Crippen molar-refractivity contribution in [2.75, 3.05) is 6.61 Å². The van der Waals surface area contributed by atoms with E-state index in [0.717, 1.165) is 0 Å². The fraction of sp³-hybridized carbons (Fsp3) is 0.667. The van der Waals surface area contributed by atoms with Crippen molar-refractivity contribution in [2.45, 2.75) is 5.85 Å². The number of nitrogens with zero attached hydrogens (tertiary/aromatic N) is 1. The maximum absolute atomic E-state index is 5.19. The Morgan fingerprint density at radius 1 is 2.00 bits per heavy atom. The number of rotatable bonds is 1. The Labute approximate surface area is 35.8 Å². The van der Waals surface area contributed by atoms with E-state index in [2.05, 4.69) is 16.4 Å². The zero-order valence-corrected chi connectivity index (χ0v) is 3.35. The van der Waals surface area contributed by atoms with E-state index in [9.17, 15) is 0 Å². The van der Waals surface area contributed by atoms with Crippen LogP contribution in [0.1, 0.15) is 0 Å². The molecule has 0 aromatic heterocycles. The summed E-state index contributed by atoms with van der Waals surface area (Å²) in [5.41, 5.74) is 5.19. The average molecular weight is 86.1 g/mol. The largest absolute Gasteiger partial charge is 0.333 e. The molecule has 0 aromatic rings. The van der Waals surface area contributed by atoms with Gasteiger partial charge in [0, 0.05) is 0 Å². The van der Waals surface area contributed by atoms with E-state index in [1.807, 2.05) is 0 Å². The van der Waals surface area contributed by atoms with Gasteiger partial charge in [-0.25, -0.2) is 0 Å². The predicted octanol–water partition coefficient (Wildman–Crippen LogP) is -0.670. The third kappa shape index (κ3) is 0.418. The molecule has 6 heavy (non-hydrogen) atoms. The third-order valence-electron chi connectivity index (χ3n) is 0.708. The average Bonchev–Trinajstić information content (AvgIpc) is 2.22. The van der Waals surface area contributed by atoms with Crippen LogP contribution in [0.25, 0.3) is 0 Å². The first-order valence-corrected chi connectivity index (χ1v) is 1.67. The first-order valence-electron chi connectivity index (χ1n) is 1.67. The molecule has 0 aromatic carbocycles. The molecule has 1 rings (SSSR count). The van der Waals surface area contributed by atoms with Gasteiger partial charge in [-0.3, -0.25) is 10.7 Å². The molecule has 3 heteroatoms. The van der Waals surface area contributed by atoms with E-state index in [-0.39, 0.29) is 0 Å². The second-order valence-corrected chi connectivity index (χ2v) is 1.29. The van der Waals surface area contributed by atoms with Gasteiger partial charge in [0.25, 0.3) is 0 Å². The summed E-state index contributed by atoms with van der Waals surface area (Å²) in [4.78, 5) is 3.44. The van der Waals surface area contributed by atoms with E-state index < -0.39 is 5.85 Å². The lowest BCUT2D eigenvalue weighted by molar-refractivity contribution is 0.322. The van der Waals surface area contributed by atoms with Gasteiger partial charge < -0.3 is 4.74 Å². The molecule has 0 radical (unpaired) electrons. The Bertz CT molecular complexity index is 76.9. The first kappa shape index (κ1) is 3.77. The number of ether oxygens (including phenoxy) is 1. The van der Waals surface area contributed by atoms with Gasteiger partial charge in [0.15, 0.2) is 0 Å². The Morgan fingerprint density at radius 3 is 2.50 bits per heavy atom. The van der Waals surface area contributed by atoms with Crippen LogP contribution in [-0.4, -0.2) is 19.2 Å². The van der Waals surface area contributed by atoms with Crippen molar-refractivity contribution >= 4 is 6.72 Å². The van der Waals surface area contributed by atoms with E-state index in [1.54, 1.807) is 0 Å². The Balaban J connectivity index is 2.47. The zero-order valence-electron chi connectivity index (χ0n) is 3.35. The number of epoxide rings is 1. The molecule has 1 unspecified atom stereocenters. The molecule has 0 amide bonds. The minimum Gasteiger partial charge on any atom is -0.333 e. The molecule has 2 N–H and O–H groups in total. The second kappa shape index (κ2) is 0.802. The Morgan fingerprint density at radius 2 is 2.50 bits per heavy atom. The lowest BCUT2D eigenvalue weighted by Crippen LogP contribution is -2.19. The summed E-state index contributed by atoms with van der Waals surface area (Å²) in [6.07, 6.45) is 0. The minimum absolute atomic E-state index is 0.524. The molecule has 1 atom stereocenters. The van der Waals surface area contributed by atoms with Crippen LogP contribution in [0.4, 0.5) is 0 Å². The number of hydrogen-bond acceptors (Lipinski definition) is 3. The number of hydrogen-bond donors (Lipinski definition) is 1. The Kier molecular flexibility index (Phi) is 0.504. The highest BCUT2D eigenvalue weighted by atomic mass is 16.6. The summed E-state index contributed by atoms with van der Waals surface area (Å²) in [5, 5.41) is 0. The molecule has 1 heterocycles. The summed E-state index contributed by atoms with van der Waals surface area (Å²) < 4.78 is 4.59. The van der Waals surface area contributed by atoms with Crippen LogP contribution in [0.5, 0.6) is 0 Å². The molecule has 1 aliphatic rings. The van der Waals surface area contributed by atoms with Crippen LogP contribution in [0.3, 0.4) is 0 Å². The fourth-order valence-corrected chi connectivity index (χ4v) is 0.165. The van der Waals surface area contributed by atoms with Crippen molar-refractivity contribution in [3.63, 3.8) is 0 Å². The molecule has 1 aliphatic heterocycles. The van der Waals surface area contributed by atoms with Gasteiger partial charge in [0.05, 0.1) is 0 Å². The van der Waals surface area contributed by atoms with Gasteiger partial charge in [-0.15, -0.1) is 0 Å². The molecule has 0 spiro atoms. The highest BCUT2D eigenvalue weighted by Gasteiger charge is 2.38. The fourth-order valence-electron chi connectivity index (χ4n) is 0.165. The van der Waals surface area contributed by atoms with Gasteiger partial charge in [-0.1, -0.05) is 0 Å². The van der Waals surface area contributed by atoms with Crippen LogP contribution in [0.2, 0.25) is 0 Å². The van der Waals surface area contributed by atoms with Gasteiger partial charge in [-0.2, -0.15) is 0 Å². The third-order valence-corrected chi connectivity index (χ3v) is 0.708. The lowest BCUT2D eigenvalue weighted by Gasteiger charge is -1.87. The topological polar surface area (TPSA) is 50.9 Å². The van der Waals surface area contributed by atoms with Crippen LogP contribution < -0.4 is 5.73 Å². The molecule has 1 saturated heterocycles. The smallest absolute Gasteiger partial charge is 0.237 e. The summed E-state index contributed by atoms with van der Waals surface area (Å²) in [6, 6.07) is 0. The summed E-state index contributed by atoms with van der Waals surface area (Å²) in [7, 11) is 0. The van der Waals surface area contributed by atoms with Crippen molar-refractivity contribution in [3.8, 4) is 0 Å². The van der Waals surface area contributed by atoms with Gasteiger partial charge in [0.1, 0.15) is 6.61 Å². The van der Waals surface area contributed by atoms with Gasteiger partial charge in [-0.05, 0) is 6.72 Å². The predicted molar refractivity (Wildman–Crippen MR) is 22.4 cm³/mol. The molecule has 0 saturated carbocycles. The maximum atomic E-state index is 5.19.